The molecule has 1 aliphatic heterocycles. The van der Waals surface area contributed by atoms with Crippen LogP contribution in [0.4, 0.5) is 0 Å². The molecule has 0 atom stereocenters. The second-order valence-corrected chi connectivity index (χ2v) is 2.28. The Morgan fingerprint density at radius 1 is 1.12 bits per heavy atom. The van der Waals surface area contributed by atoms with Crippen molar-refractivity contribution in [3.8, 4) is 0 Å². The van der Waals surface area contributed by atoms with Crippen molar-refractivity contribution in [2.45, 2.75) is 19.3 Å². The maximum atomic E-state index is 3.71. The number of nitrogens with zero attached hydrogens (tertiary/aromatic N) is 1. The van der Waals surface area contributed by atoms with Gasteiger partial charge in [-0.15, -0.1) is 0 Å². The van der Waals surface area contributed by atoms with Gasteiger partial charge in [0.15, 0.2) is 0 Å². The van der Waals surface area contributed by atoms with Crippen molar-refractivity contribution in [1.29, 1.82) is 0 Å². The third kappa shape index (κ3) is 1.36. The molecule has 1 rings (SSSR count). The van der Waals surface area contributed by atoms with Crippen molar-refractivity contribution in [3.63, 3.8) is 0 Å². The Kier molecular flexibility index (Phi) is 2.13. The fraction of sp³-hybridized carbons (Fsp3) is 0.833. The van der Waals surface area contributed by atoms with Crippen molar-refractivity contribution < 1.29 is 0 Å². The van der Waals surface area contributed by atoms with Gasteiger partial charge in [-0.1, -0.05) is 0 Å². The summed E-state index contributed by atoms with van der Waals surface area (Å²) in [6.45, 7) is 6.16. The zero-order chi connectivity index (χ0) is 5.82. The Morgan fingerprint density at radius 2 is 1.75 bits per heavy atom. The zero-order valence-electron chi connectivity index (χ0n) is 5.27. The molecule has 0 bridgehead atoms. The molecule has 0 aromatic heterocycles. The molecule has 0 N–H and O–H groups in total. The Bertz CT molecular complexity index is 76.6. The van der Waals surface area contributed by atoms with E-state index in [-0.39, 0.29) is 0 Å². The summed E-state index contributed by atoms with van der Waals surface area (Å²) in [5.41, 5.74) is 0. The van der Waals surface area contributed by atoms with E-state index in [0.29, 0.717) is 0 Å². The molecular formula is C6H12BN. The predicted molar refractivity (Wildman–Crippen MR) is 38.3 cm³/mol. The van der Waals surface area contributed by atoms with Gasteiger partial charge in [0.05, 0.1) is 0 Å². The van der Waals surface area contributed by atoms with Gasteiger partial charge >= 0.3 is 50.7 Å². The topological polar surface area (TPSA) is 3.24 Å². The van der Waals surface area contributed by atoms with Gasteiger partial charge in [-0.2, -0.15) is 0 Å². The summed E-state index contributed by atoms with van der Waals surface area (Å²) in [5, 5.41) is 0. The minimum atomic E-state index is 1.23. The molecule has 1 saturated heterocycles. The Morgan fingerprint density at radius 3 is 2.12 bits per heavy atom. The van der Waals surface area contributed by atoms with Gasteiger partial charge in [0, 0.05) is 0 Å². The van der Waals surface area contributed by atoms with Crippen LogP contribution >= 0.6 is 0 Å². The normalized spacial score (nSPS) is 20.2. The first-order chi connectivity index (χ1) is 3.93. The quantitative estimate of drug-likeness (QED) is 0.444. The fourth-order valence-electron chi connectivity index (χ4n) is 1.10. The second kappa shape index (κ2) is 2.90. The van der Waals surface area contributed by atoms with Crippen molar-refractivity contribution in [1.82, 2.24) is 4.81 Å². The van der Waals surface area contributed by atoms with Crippen LogP contribution in [-0.2, 0) is 0 Å². The molecule has 8 heavy (non-hydrogen) atoms. The molecule has 0 saturated carbocycles. The molecule has 1 heterocycles. The molecule has 1 fully saturated rings. The van der Waals surface area contributed by atoms with Crippen LogP contribution in [0.25, 0.3) is 0 Å². The van der Waals surface area contributed by atoms with Crippen LogP contribution in [0.15, 0.2) is 0 Å². The Balaban J connectivity index is 2.22. The molecule has 0 unspecified atom stereocenters. The number of piperidine rings is 1. The molecule has 0 aliphatic carbocycles. The molecule has 1 aliphatic rings. The SMILES string of the molecule is C=BN1CCCCC1. The first-order valence-corrected chi connectivity index (χ1v) is 3.30. The Labute approximate surface area is 51.6 Å². The van der Waals surface area contributed by atoms with Crippen LogP contribution < -0.4 is 0 Å². The van der Waals surface area contributed by atoms with E-state index in [1.807, 2.05) is 7.06 Å². The third-order valence-corrected chi connectivity index (χ3v) is 1.65. The van der Waals surface area contributed by atoms with Crippen LogP contribution in [0, 0.1) is 0 Å². The predicted octanol–water partition coefficient (Wildman–Crippen LogP) is 0.524. The average molecular weight is 109 g/mol. The van der Waals surface area contributed by atoms with E-state index < -0.39 is 0 Å². The van der Waals surface area contributed by atoms with Gasteiger partial charge in [0.25, 0.3) is 0 Å². The van der Waals surface area contributed by atoms with E-state index in [1.165, 1.54) is 32.4 Å². The van der Waals surface area contributed by atoms with E-state index in [4.69, 9.17) is 0 Å². The average Bonchev–Trinajstić information content (AvgIpc) is 1.90. The molecule has 0 amide bonds. The monoisotopic (exact) mass is 109 g/mol. The van der Waals surface area contributed by atoms with E-state index in [1.54, 1.807) is 0 Å². The van der Waals surface area contributed by atoms with Crippen molar-refractivity contribution >= 4 is 13.5 Å². The maximum absolute atomic E-state index is 3.71. The molecule has 1 nitrogen and oxygen atoms in total. The molecule has 0 aromatic rings. The van der Waals surface area contributed by atoms with Crippen molar-refractivity contribution in [2.75, 3.05) is 13.1 Å². The summed E-state index contributed by atoms with van der Waals surface area (Å²) in [7, 11) is 1.94. The van der Waals surface area contributed by atoms with E-state index in [0.717, 1.165) is 0 Å². The summed E-state index contributed by atoms with van der Waals surface area (Å²) in [6, 6.07) is 0. The van der Waals surface area contributed by atoms with E-state index in [9.17, 15) is 0 Å². The van der Waals surface area contributed by atoms with Crippen molar-refractivity contribution in [3.05, 3.63) is 0 Å². The number of hydrogen-bond donors (Lipinski definition) is 0. The number of hydrogen-bond acceptors (Lipinski definition) is 1. The van der Waals surface area contributed by atoms with Gasteiger partial charge < -0.3 is 0 Å². The molecule has 2 heteroatoms. The van der Waals surface area contributed by atoms with Gasteiger partial charge in [-0.25, -0.2) is 0 Å². The molecular weight excluding hydrogens is 96.9 g/mol. The van der Waals surface area contributed by atoms with Crippen LogP contribution in [-0.4, -0.2) is 31.4 Å². The number of rotatable bonds is 1. The standard InChI is InChI=1S/C6H12BN/c1-7-8-5-3-2-4-6-8/h1-6H2. The summed E-state index contributed by atoms with van der Waals surface area (Å²) < 4.78 is 0. The third-order valence-electron chi connectivity index (χ3n) is 1.65. The van der Waals surface area contributed by atoms with Crippen LogP contribution in [0.2, 0.25) is 0 Å². The first kappa shape index (κ1) is 5.86. The van der Waals surface area contributed by atoms with Gasteiger partial charge in [0.1, 0.15) is 0 Å². The van der Waals surface area contributed by atoms with Crippen LogP contribution in [0.1, 0.15) is 19.3 Å². The summed E-state index contributed by atoms with van der Waals surface area (Å²) in [5.74, 6) is 0. The second-order valence-electron chi connectivity index (χ2n) is 2.28. The van der Waals surface area contributed by atoms with Gasteiger partial charge in [-0.05, 0) is 0 Å². The molecule has 0 spiro atoms. The van der Waals surface area contributed by atoms with E-state index >= 15 is 0 Å². The molecule has 0 aromatic carbocycles. The van der Waals surface area contributed by atoms with Crippen molar-refractivity contribution in [2.24, 2.45) is 0 Å². The summed E-state index contributed by atoms with van der Waals surface area (Å²) in [4.78, 5) is 2.28. The van der Waals surface area contributed by atoms with Gasteiger partial charge in [0.2, 0.25) is 0 Å². The molecule has 0 radical (unpaired) electrons. The zero-order valence-corrected chi connectivity index (χ0v) is 5.27. The fourth-order valence-corrected chi connectivity index (χ4v) is 1.10. The summed E-state index contributed by atoms with van der Waals surface area (Å²) >= 11 is 0. The Hall–Kier alpha value is -0.265. The van der Waals surface area contributed by atoms with E-state index in [2.05, 4.69) is 11.3 Å². The summed E-state index contributed by atoms with van der Waals surface area (Å²) in [6.07, 6.45) is 4.11. The molecule has 44 valence electrons. The van der Waals surface area contributed by atoms with Crippen LogP contribution in [0.3, 0.4) is 0 Å². The first-order valence-electron chi connectivity index (χ1n) is 3.30. The minimum absolute atomic E-state index is 1.23. The van der Waals surface area contributed by atoms with Gasteiger partial charge in [-0.3, -0.25) is 0 Å². The van der Waals surface area contributed by atoms with Crippen LogP contribution in [0.5, 0.6) is 0 Å².